The highest BCUT2D eigenvalue weighted by molar-refractivity contribution is 5.20. The maximum Gasteiger partial charge on any atom is 0.0255 e. The summed E-state index contributed by atoms with van der Waals surface area (Å²) in [5.41, 5.74) is 2.81. The molecule has 1 heteroatoms. The van der Waals surface area contributed by atoms with E-state index in [0.29, 0.717) is 0 Å². The molecule has 1 saturated carbocycles. The molecule has 92 valence electrons. The van der Waals surface area contributed by atoms with Crippen LogP contribution < -0.4 is 5.32 Å². The van der Waals surface area contributed by atoms with E-state index in [9.17, 15) is 0 Å². The average Bonchev–Trinajstić information content (AvgIpc) is 2.39. The third-order valence-corrected chi connectivity index (χ3v) is 3.50. The number of hydrogen-bond acceptors (Lipinski definition) is 1. The first-order valence-electron chi connectivity index (χ1n) is 6.80. The zero-order valence-electron chi connectivity index (χ0n) is 10.8. The van der Waals surface area contributed by atoms with Gasteiger partial charge in [0.05, 0.1) is 0 Å². The Labute approximate surface area is 105 Å². The monoisotopic (exact) mass is 229 g/mol. The van der Waals surface area contributed by atoms with Crippen LogP contribution in [0.1, 0.15) is 44.6 Å². The van der Waals surface area contributed by atoms with Crippen LogP contribution >= 0.6 is 0 Å². The summed E-state index contributed by atoms with van der Waals surface area (Å²) in [5, 5.41) is 3.58. The van der Waals surface area contributed by atoms with Crippen LogP contribution in [-0.2, 0) is 6.42 Å². The molecule has 0 bridgehead atoms. The van der Waals surface area contributed by atoms with Gasteiger partial charge in [-0.25, -0.2) is 0 Å². The van der Waals surface area contributed by atoms with E-state index in [1.807, 2.05) is 0 Å². The first-order chi connectivity index (χ1) is 8.34. The smallest absolute Gasteiger partial charge is 0.0255 e. The van der Waals surface area contributed by atoms with Gasteiger partial charge in [0.15, 0.2) is 0 Å². The minimum atomic E-state index is 0.717. The van der Waals surface area contributed by atoms with E-state index in [2.05, 4.69) is 48.8 Å². The summed E-state index contributed by atoms with van der Waals surface area (Å²) < 4.78 is 0. The van der Waals surface area contributed by atoms with Crippen molar-refractivity contribution in [1.82, 2.24) is 5.32 Å². The highest BCUT2D eigenvalue weighted by atomic mass is 14.9. The lowest BCUT2D eigenvalue weighted by Crippen LogP contribution is -2.26. The predicted octanol–water partition coefficient (Wildman–Crippen LogP) is 4.06. The van der Waals surface area contributed by atoms with Crippen molar-refractivity contribution in [3.8, 4) is 0 Å². The van der Waals surface area contributed by atoms with Crippen molar-refractivity contribution >= 4 is 0 Å². The number of allylic oxidation sites excluding steroid dienone is 1. The lowest BCUT2D eigenvalue weighted by atomic mass is 9.95. The number of rotatable bonds is 4. The fraction of sp³-hybridized carbons (Fsp3) is 0.500. The van der Waals surface area contributed by atoms with Crippen molar-refractivity contribution in [3.63, 3.8) is 0 Å². The lowest BCUT2D eigenvalue weighted by Gasteiger charge is -2.22. The highest BCUT2D eigenvalue weighted by Crippen LogP contribution is 2.17. The summed E-state index contributed by atoms with van der Waals surface area (Å²) in [6.45, 7) is 2.21. The molecule has 0 heterocycles. The number of benzene rings is 1. The largest absolute Gasteiger partial charge is 0.388 e. The fourth-order valence-electron chi connectivity index (χ4n) is 2.50. The van der Waals surface area contributed by atoms with Crippen molar-refractivity contribution in [2.75, 3.05) is 0 Å². The van der Waals surface area contributed by atoms with Crippen LogP contribution in [0.5, 0.6) is 0 Å². The van der Waals surface area contributed by atoms with Crippen LogP contribution in [-0.4, -0.2) is 6.04 Å². The van der Waals surface area contributed by atoms with Crippen LogP contribution in [0.3, 0.4) is 0 Å². The fourth-order valence-corrected chi connectivity index (χ4v) is 2.50. The molecule has 0 aromatic heterocycles. The zero-order chi connectivity index (χ0) is 11.9. The van der Waals surface area contributed by atoms with E-state index in [-0.39, 0.29) is 0 Å². The van der Waals surface area contributed by atoms with Gasteiger partial charge in [0, 0.05) is 6.04 Å². The number of hydrogen-bond donors (Lipinski definition) is 1. The van der Waals surface area contributed by atoms with Crippen molar-refractivity contribution < 1.29 is 0 Å². The summed E-state index contributed by atoms with van der Waals surface area (Å²) in [6.07, 6.45) is 10.2. The molecule has 1 aliphatic rings. The number of nitrogens with one attached hydrogen (secondary N) is 1. The second-order valence-corrected chi connectivity index (χ2v) is 5.15. The summed E-state index contributed by atoms with van der Waals surface area (Å²) in [6, 6.07) is 11.4. The molecule has 0 saturated heterocycles. The average molecular weight is 229 g/mol. The summed E-state index contributed by atoms with van der Waals surface area (Å²) >= 11 is 0. The Morgan fingerprint density at radius 2 is 1.88 bits per heavy atom. The van der Waals surface area contributed by atoms with Crippen molar-refractivity contribution in [3.05, 3.63) is 47.7 Å². The molecule has 1 aliphatic carbocycles. The summed E-state index contributed by atoms with van der Waals surface area (Å²) in [7, 11) is 0. The summed E-state index contributed by atoms with van der Waals surface area (Å²) in [5.74, 6) is 0. The first-order valence-corrected chi connectivity index (χ1v) is 6.80. The Morgan fingerprint density at radius 1 is 1.18 bits per heavy atom. The Bertz CT molecular complexity index is 347. The van der Waals surface area contributed by atoms with E-state index in [4.69, 9.17) is 0 Å². The van der Waals surface area contributed by atoms with Gasteiger partial charge in [-0.1, -0.05) is 55.2 Å². The molecule has 1 N–H and O–H groups in total. The van der Waals surface area contributed by atoms with Crippen LogP contribution in [0.25, 0.3) is 0 Å². The van der Waals surface area contributed by atoms with E-state index in [1.54, 1.807) is 0 Å². The van der Waals surface area contributed by atoms with Gasteiger partial charge >= 0.3 is 0 Å². The molecule has 2 rings (SSSR count). The first kappa shape index (κ1) is 12.2. The minimum absolute atomic E-state index is 0.717. The molecule has 0 amide bonds. The molecule has 1 aromatic carbocycles. The Hall–Kier alpha value is -1.24. The standard InChI is InChI=1S/C16H23N/c1-14(12-15-8-4-2-5-9-15)13-17-16-10-6-3-7-11-16/h2,4-5,8-9,13,16-17H,3,6-7,10-12H2,1H3/b14-13+. The maximum absolute atomic E-state index is 3.58. The molecule has 1 aromatic rings. The van der Waals surface area contributed by atoms with E-state index in [0.717, 1.165) is 12.5 Å². The van der Waals surface area contributed by atoms with Crippen LogP contribution in [0.15, 0.2) is 42.1 Å². The SMILES string of the molecule is C/C(=C\NC1CCCCC1)Cc1ccccc1. The van der Waals surface area contributed by atoms with Crippen LogP contribution in [0.4, 0.5) is 0 Å². The van der Waals surface area contributed by atoms with Crippen molar-refractivity contribution in [1.29, 1.82) is 0 Å². The Kier molecular flexibility index (Phi) is 4.66. The van der Waals surface area contributed by atoms with Crippen LogP contribution in [0, 0.1) is 0 Å². The van der Waals surface area contributed by atoms with E-state index in [1.165, 1.54) is 43.2 Å². The van der Waals surface area contributed by atoms with Gasteiger partial charge in [0.1, 0.15) is 0 Å². The van der Waals surface area contributed by atoms with Gasteiger partial charge in [-0.3, -0.25) is 0 Å². The Balaban J connectivity index is 1.80. The molecule has 1 nitrogen and oxygen atoms in total. The summed E-state index contributed by atoms with van der Waals surface area (Å²) in [4.78, 5) is 0. The molecular weight excluding hydrogens is 206 g/mol. The van der Waals surface area contributed by atoms with Crippen molar-refractivity contribution in [2.45, 2.75) is 51.5 Å². The van der Waals surface area contributed by atoms with Gasteiger partial charge in [-0.05, 0) is 37.9 Å². The molecule has 17 heavy (non-hydrogen) atoms. The normalized spacial score (nSPS) is 18.1. The molecule has 0 aliphatic heterocycles. The lowest BCUT2D eigenvalue weighted by molar-refractivity contribution is 0.403. The quantitative estimate of drug-likeness (QED) is 0.821. The van der Waals surface area contributed by atoms with E-state index < -0.39 is 0 Å². The predicted molar refractivity (Wildman–Crippen MR) is 73.9 cm³/mol. The topological polar surface area (TPSA) is 12.0 Å². The van der Waals surface area contributed by atoms with Gasteiger partial charge in [-0.15, -0.1) is 0 Å². The second kappa shape index (κ2) is 6.48. The third kappa shape index (κ3) is 4.26. The van der Waals surface area contributed by atoms with Gasteiger partial charge in [-0.2, -0.15) is 0 Å². The molecular formula is C16H23N. The molecule has 0 atom stereocenters. The molecule has 0 unspecified atom stereocenters. The van der Waals surface area contributed by atoms with Crippen molar-refractivity contribution in [2.24, 2.45) is 0 Å². The second-order valence-electron chi connectivity index (χ2n) is 5.15. The minimum Gasteiger partial charge on any atom is -0.388 e. The third-order valence-electron chi connectivity index (χ3n) is 3.50. The van der Waals surface area contributed by atoms with Gasteiger partial charge in [0.2, 0.25) is 0 Å². The zero-order valence-corrected chi connectivity index (χ0v) is 10.8. The van der Waals surface area contributed by atoms with Gasteiger partial charge < -0.3 is 5.32 Å². The highest BCUT2D eigenvalue weighted by Gasteiger charge is 2.10. The Morgan fingerprint density at radius 3 is 2.59 bits per heavy atom. The maximum atomic E-state index is 3.58. The van der Waals surface area contributed by atoms with E-state index >= 15 is 0 Å². The van der Waals surface area contributed by atoms with Crippen LogP contribution in [0.2, 0.25) is 0 Å². The molecule has 0 spiro atoms. The van der Waals surface area contributed by atoms with Gasteiger partial charge in [0.25, 0.3) is 0 Å². The molecule has 0 radical (unpaired) electrons. The molecule has 1 fully saturated rings.